The van der Waals surface area contributed by atoms with Crippen molar-refractivity contribution in [2.24, 2.45) is 5.73 Å². The van der Waals surface area contributed by atoms with E-state index in [1.54, 1.807) is 30.3 Å². The number of aromatic amines is 1. The summed E-state index contributed by atoms with van der Waals surface area (Å²) in [6, 6.07) is 10.1. The lowest BCUT2D eigenvalue weighted by atomic mass is 10.0. The first kappa shape index (κ1) is 10.2. The first-order valence-corrected chi connectivity index (χ1v) is 4.76. The minimum Gasteiger partial charge on any atom is -0.366 e. The molecule has 0 bridgehead atoms. The van der Waals surface area contributed by atoms with E-state index in [0.29, 0.717) is 16.7 Å². The Balaban J connectivity index is 2.64. The fourth-order valence-corrected chi connectivity index (χ4v) is 1.56. The third-order valence-electron chi connectivity index (χ3n) is 2.28. The summed E-state index contributed by atoms with van der Waals surface area (Å²) in [4.78, 5) is 24.9. The first-order valence-electron chi connectivity index (χ1n) is 4.76. The van der Waals surface area contributed by atoms with E-state index in [1.165, 1.54) is 12.3 Å². The number of rotatable bonds is 2. The van der Waals surface area contributed by atoms with Crippen LogP contribution in [-0.4, -0.2) is 10.9 Å². The summed E-state index contributed by atoms with van der Waals surface area (Å²) in [5, 5.41) is 0. The van der Waals surface area contributed by atoms with Crippen LogP contribution in [0, 0.1) is 0 Å². The predicted molar refractivity (Wildman–Crippen MR) is 61.0 cm³/mol. The van der Waals surface area contributed by atoms with Crippen molar-refractivity contribution < 1.29 is 4.79 Å². The Morgan fingerprint density at radius 2 is 1.94 bits per heavy atom. The highest BCUT2D eigenvalue weighted by atomic mass is 16.1. The van der Waals surface area contributed by atoms with Gasteiger partial charge in [0.25, 0.3) is 0 Å². The number of pyridine rings is 1. The quantitative estimate of drug-likeness (QED) is 0.786. The fourth-order valence-electron chi connectivity index (χ4n) is 1.56. The number of aromatic nitrogens is 1. The standard InChI is InChI=1S/C12H10N2O2/c13-12(16)10-4-2-1-3-9(10)8-5-6-14-11(15)7-8/h1-7H,(H2,13,16)(H,14,15). The molecule has 0 aliphatic rings. The molecule has 1 aromatic carbocycles. The Hall–Kier alpha value is -2.36. The van der Waals surface area contributed by atoms with Crippen LogP contribution in [0.3, 0.4) is 0 Å². The molecule has 0 saturated carbocycles. The molecule has 0 aliphatic carbocycles. The number of H-pyrrole nitrogens is 1. The highest BCUT2D eigenvalue weighted by molar-refractivity contribution is 5.99. The Labute approximate surface area is 91.7 Å². The van der Waals surface area contributed by atoms with Crippen molar-refractivity contribution in [1.82, 2.24) is 4.98 Å². The molecule has 1 aromatic heterocycles. The van der Waals surface area contributed by atoms with Crippen LogP contribution >= 0.6 is 0 Å². The molecule has 0 saturated heterocycles. The van der Waals surface area contributed by atoms with Gasteiger partial charge in [0.15, 0.2) is 0 Å². The maximum atomic E-state index is 11.2. The zero-order valence-corrected chi connectivity index (χ0v) is 8.44. The SMILES string of the molecule is NC(=O)c1ccccc1-c1cc[nH]c(=O)c1. The van der Waals surface area contributed by atoms with Gasteiger partial charge >= 0.3 is 0 Å². The number of carbonyl (C=O) groups excluding carboxylic acids is 1. The van der Waals surface area contributed by atoms with Crippen molar-refractivity contribution in [3.8, 4) is 11.1 Å². The van der Waals surface area contributed by atoms with Crippen LogP contribution in [0.25, 0.3) is 11.1 Å². The summed E-state index contributed by atoms with van der Waals surface area (Å²) in [6.45, 7) is 0. The Bertz CT molecular complexity index is 587. The summed E-state index contributed by atoms with van der Waals surface area (Å²) in [5.41, 5.74) is 6.81. The van der Waals surface area contributed by atoms with Crippen molar-refractivity contribution in [2.45, 2.75) is 0 Å². The van der Waals surface area contributed by atoms with E-state index < -0.39 is 5.91 Å². The minimum absolute atomic E-state index is 0.211. The second-order valence-electron chi connectivity index (χ2n) is 3.35. The maximum Gasteiger partial charge on any atom is 0.249 e. The lowest BCUT2D eigenvalue weighted by Gasteiger charge is -2.05. The van der Waals surface area contributed by atoms with Gasteiger partial charge in [-0.1, -0.05) is 18.2 Å². The van der Waals surface area contributed by atoms with Gasteiger partial charge in [-0.3, -0.25) is 9.59 Å². The predicted octanol–water partition coefficient (Wildman–Crippen LogP) is 1.14. The van der Waals surface area contributed by atoms with E-state index in [0.717, 1.165) is 0 Å². The molecule has 0 atom stereocenters. The van der Waals surface area contributed by atoms with Crippen molar-refractivity contribution in [3.05, 3.63) is 58.5 Å². The van der Waals surface area contributed by atoms with Gasteiger partial charge in [0, 0.05) is 17.8 Å². The van der Waals surface area contributed by atoms with Crippen LogP contribution in [-0.2, 0) is 0 Å². The fraction of sp³-hybridized carbons (Fsp3) is 0. The molecule has 0 aliphatic heterocycles. The highest BCUT2D eigenvalue weighted by Crippen LogP contribution is 2.21. The number of primary amides is 1. The van der Waals surface area contributed by atoms with E-state index in [2.05, 4.69) is 4.98 Å². The molecule has 0 radical (unpaired) electrons. The van der Waals surface area contributed by atoms with Crippen LogP contribution in [0.4, 0.5) is 0 Å². The molecule has 80 valence electrons. The largest absolute Gasteiger partial charge is 0.366 e. The van der Waals surface area contributed by atoms with E-state index >= 15 is 0 Å². The zero-order valence-electron chi connectivity index (χ0n) is 8.44. The monoisotopic (exact) mass is 214 g/mol. The van der Waals surface area contributed by atoms with Crippen molar-refractivity contribution in [2.75, 3.05) is 0 Å². The van der Waals surface area contributed by atoms with Crippen molar-refractivity contribution >= 4 is 5.91 Å². The summed E-state index contributed by atoms with van der Waals surface area (Å²) in [6.07, 6.45) is 1.54. The molecule has 1 heterocycles. The molecule has 0 spiro atoms. The average molecular weight is 214 g/mol. The zero-order chi connectivity index (χ0) is 11.5. The molecule has 0 unspecified atom stereocenters. The summed E-state index contributed by atoms with van der Waals surface area (Å²) >= 11 is 0. The molecule has 3 N–H and O–H groups in total. The topological polar surface area (TPSA) is 76.0 Å². The molecule has 0 fully saturated rings. The second kappa shape index (κ2) is 4.02. The number of hydrogen-bond donors (Lipinski definition) is 2. The molecular formula is C12H10N2O2. The third-order valence-corrected chi connectivity index (χ3v) is 2.28. The van der Waals surface area contributed by atoms with Crippen molar-refractivity contribution in [3.63, 3.8) is 0 Å². The lowest BCUT2D eigenvalue weighted by molar-refractivity contribution is 0.100. The summed E-state index contributed by atoms with van der Waals surface area (Å²) in [7, 11) is 0. The van der Waals surface area contributed by atoms with Crippen LogP contribution in [0.5, 0.6) is 0 Å². The number of nitrogens with one attached hydrogen (secondary N) is 1. The smallest absolute Gasteiger partial charge is 0.249 e. The van der Waals surface area contributed by atoms with Crippen molar-refractivity contribution in [1.29, 1.82) is 0 Å². The Morgan fingerprint density at radius 1 is 1.19 bits per heavy atom. The number of amides is 1. The van der Waals surface area contributed by atoms with E-state index in [4.69, 9.17) is 5.73 Å². The van der Waals surface area contributed by atoms with Crippen LogP contribution < -0.4 is 11.3 Å². The molecule has 2 rings (SSSR count). The van der Waals surface area contributed by atoms with E-state index in [9.17, 15) is 9.59 Å². The number of nitrogens with two attached hydrogens (primary N) is 1. The third kappa shape index (κ3) is 1.86. The van der Waals surface area contributed by atoms with Crippen LogP contribution in [0.2, 0.25) is 0 Å². The van der Waals surface area contributed by atoms with Crippen LogP contribution in [0.15, 0.2) is 47.4 Å². The molecule has 4 heteroatoms. The van der Waals surface area contributed by atoms with Gasteiger partial charge in [-0.15, -0.1) is 0 Å². The number of benzene rings is 1. The van der Waals surface area contributed by atoms with Gasteiger partial charge in [-0.2, -0.15) is 0 Å². The second-order valence-corrected chi connectivity index (χ2v) is 3.35. The average Bonchev–Trinajstić information content (AvgIpc) is 2.29. The first-order chi connectivity index (χ1) is 7.68. The van der Waals surface area contributed by atoms with Gasteiger partial charge < -0.3 is 10.7 Å². The van der Waals surface area contributed by atoms with Gasteiger partial charge in [0.1, 0.15) is 0 Å². The van der Waals surface area contributed by atoms with E-state index in [1.807, 2.05) is 0 Å². The maximum absolute atomic E-state index is 11.2. The summed E-state index contributed by atoms with van der Waals surface area (Å²) < 4.78 is 0. The Kier molecular flexibility index (Phi) is 2.55. The molecule has 1 amide bonds. The highest BCUT2D eigenvalue weighted by Gasteiger charge is 2.08. The molecule has 4 nitrogen and oxygen atoms in total. The normalized spacial score (nSPS) is 10.0. The number of carbonyl (C=O) groups is 1. The molecule has 16 heavy (non-hydrogen) atoms. The van der Waals surface area contributed by atoms with Gasteiger partial charge in [-0.05, 0) is 23.3 Å². The lowest BCUT2D eigenvalue weighted by Crippen LogP contribution is -2.12. The van der Waals surface area contributed by atoms with Gasteiger partial charge in [0.05, 0.1) is 0 Å². The Morgan fingerprint density at radius 3 is 2.62 bits per heavy atom. The van der Waals surface area contributed by atoms with Gasteiger partial charge in [0.2, 0.25) is 11.5 Å². The minimum atomic E-state index is -0.504. The molecular weight excluding hydrogens is 204 g/mol. The van der Waals surface area contributed by atoms with Gasteiger partial charge in [-0.25, -0.2) is 0 Å². The molecule has 2 aromatic rings. The summed E-state index contributed by atoms with van der Waals surface area (Å²) in [5.74, 6) is -0.504. The van der Waals surface area contributed by atoms with Crippen LogP contribution in [0.1, 0.15) is 10.4 Å². The van der Waals surface area contributed by atoms with E-state index in [-0.39, 0.29) is 5.56 Å². The number of hydrogen-bond acceptors (Lipinski definition) is 2.